The third-order valence-electron chi connectivity index (χ3n) is 12.5. The van der Waals surface area contributed by atoms with Gasteiger partial charge in [-0.3, -0.25) is 0 Å². The van der Waals surface area contributed by atoms with Crippen LogP contribution in [0.25, 0.3) is 61.5 Å². The molecule has 4 heteroatoms. The van der Waals surface area contributed by atoms with Gasteiger partial charge in [0.05, 0.1) is 0 Å². The Morgan fingerprint density at radius 2 is 0.963 bits per heavy atom. The molecule has 270 valence electrons. The third-order valence-corrected chi connectivity index (χ3v) is 30.0. The van der Waals surface area contributed by atoms with E-state index in [0.717, 1.165) is 0 Å². The summed E-state index contributed by atoms with van der Waals surface area (Å²) in [5.41, 5.74) is 20.0. The van der Waals surface area contributed by atoms with Crippen molar-refractivity contribution in [2.45, 2.75) is 44.2 Å². The third kappa shape index (κ3) is 5.88. The molecule has 0 saturated heterocycles. The summed E-state index contributed by atoms with van der Waals surface area (Å²) in [5.74, 6) is 0. The standard InChI is InChI=1S/C27H21.C21H17.2CH3.2ClH.H2Si.Zr/c1-18-8-5-9-19(2)27(18)22-16-21-12-7-15-25(26(21)17-22)24-14-6-11-20-10-3-4-13-23(20)24;1-14-12-20-15(2)10-11-19(21(20)13-14)18-9-5-7-16-6-3-4-8-17(16)18;;;;;;/h3-17H,1-2H3;3-13H,1-2H3;2*1H3;2*1H;1H2;. The Morgan fingerprint density at radius 3 is 1.57 bits per heavy atom. The first-order chi connectivity index (χ1) is 25.0. The Hall–Kier alpha value is -3.78. The van der Waals surface area contributed by atoms with Crippen molar-refractivity contribution in [3.05, 3.63) is 184 Å². The minimum atomic E-state index is -3.98. The Labute approximate surface area is 335 Å². The van der Waals surface area contributed by atoms with E-state index in [1.807, 2.05) is 0 Å². The summed E-state index contributed by atoms with van der Waals surface area (Å²) >= 11 is -3.98. The zero-order valence-electron chi connectivity index (χ0n) is 32.0. The summed E-state index contributed by atoms with van der Waals surface area (Å²) in [5, 5.41) is 5.23. The zero-order valence-corrected chi connectivity index (χ0v) is 37.5. The van der Waals surface area contributed by atoms with Crippen LogP contribution < -0.4 is 0 Å². The van der Waals surface area contributed by atoms with Gasteiger partial charge in [-0.05, 0) is 0 Å². The van der Waals surface area contributed by atoms with Crippen LogP contribution in [-0.4, -0.2) is 6.88 Å². The van der Waals surface area contributed by atoms with E-state index in [4.69, 9.17) is 0 Å². The molecule has 0 bridgehead atoms. The SMILES string of the molecule is CC1=Cc2c(-c3cccc4ccccc34)ccc(C)c2[CH]1[Zr]([CH3])([CH3])(=[SiH2])[CH]1C(c2c(C)cccc2C)=Cc2c(-c3cccc4ccccc34)cccc21.Cl.Cl. The van der Waals surface area contributed by atoms with Gasteiger partial charge in [-0.2, -0.15) is 0 Å². The van der Waals surface area contributed by atoms with E-state index in [0.29, 0.717) is 7.25 Å². The zero-order chi connectivity index (χ0) is 36.0. The summed E-state index contributed by atoms with van der Waals surface area (Å²) in [7, 11) is 0. The molecule has 9 rings (SSSR count). The molecule has 0 amide bonds. The van der Waals surface area contributed by atoms with Crippen LogP contribution in [0, 0.1) is 20.8 Å². The average molecular weight is 839 g/mol. The quantitative estimate of drug-likeness (QED) is 0.152. The van der Waals surface area contributed by atoms with E-state index in [-0.39, 0.29) is 24.8 Å². The van der Waals surface area contributed by atoms with Gasteiger partial charge in [0.15, 0.2) is 0 Å². The molecule has 2 aliphatic rings. The molecule has 0 nitrogen and oxygen atoms in total. The van der Waals surface area contributed by atoms with E-state index in [1.165, 1.54) is 93.9 Å². The number of allylic oxidation sites excluding steroid dienone is 2. The summed E-state index contributed by atoms with van der Waals surface area (Å²) in [6.45, 7) is 11.9. The number of fused-ring (bicyclic) bond motifs is 4. The maximum absolute atomic E-state index is 3.98. The molecule has 0 heterocycles. The van der Waals surface area contributed by atoms with Gasteiger partial charge in [-0.25, -0.2) is 0 Å². The van der Waals surface area contributed by atoms with Crippen LogP contribution in [-0.2, 0) is 17.4 Å². The van der Waals surface area contributed by atoms with Gasteiger partial charge in [0, 0.05) is 0 Å². The van der Waals surface area contributed by atoms with Crippen molar-refractivity contribution in [1.29, 1.82) is 0 Å². The molecule has 0 fully saturated rings. The smallest absolute Gasteiger partial charge is 0.147 e. The van der Waals surface area contributed by atoms with Crippen molar-refractivity contribution in [3.63, 3.8) is 0 Å². The molecule has 2 aliphatic carbocycles. The minimum Gasteiger partial charge on any atom is -0.147 e. The van der Waals surface area contributed by atoms with Gasteiger partial charge in [-0.15, -0.1) is 24.8 Å². The van der Waals surface area contributed by atoms with Crippen molar-refractivity contribution in [2.75, 3.05) is 0 Å². The first-order valence-electron chi connectivity index (χ1n) is 18.8. The van der Waals surface area contributed by atoms with Gasteiger partial charge < -0.3 is 0 Å². The predicted octanol–water partition coefficient (Wildman–Crippen LogP) is 14.2. The van der Waals surface area contributed by atoms with Crippen molar-refractivity contribution in [3.8, 4) is 22.3 Å². The van der Waals surface area contributed by atoms with E-state index < -0.39 is 17.4 Å². The second-order valence-corrected chi connectivity index (χ2v) is 47.1. The number of hydrogen-bond donors (Lipinski definition) is 0. The minimum absolute atomic E-state index is 0. The number of rotatable bonds is 5. The number of hydrogen-bond acceptors (Lipinski definition) is 0. The van der Waals surface area contributed by atoms with Crippen molar-refractivity contribution in [1.82, 2.24) is 0 Å². The summed E-state index contributed by atoms with van der Waals surface area (Å²) in [6.07, 6.45) is 5.19. The first-order valence-corrected chi connectivity index (χ1v) is 32.5. The topological polar surface area (TPSA) is 0 Å². The van der Waals surface area contributed by atoms with Gasteiger partial charge in [0.25, 0.3) is 0 Å². The molecule has 54 heavy (non-hydrogen) atoms. The van der Waals surface area contributed by atoms with E-state index in [1.54, 1.807) is 5.56 Å². The van der Waals surface area contributed by atoms with Crippen LogP contribution in [0.5, 0.6) is 0 Å². The fourth-order valence-corrected chi connectivity index (χ4v) is 30.4. The van der Waals surface area contributed by atoms with Gasteiger partial charge >= 0.3 is 314 Å². The molecular weight excluding hydrogens is 791 g/mol. The summed E-state index contributed by atoms with van der Waals surface area (Å²) in [4.78, 5) is 0. The number of benzene rings is 7. The normalized spacial score (nSPS) is 16.3. The van der Waals surface area contributed by atoms with Gasteiger partial charge in [0.2, 0.25) is 0 Å². The Bertz CT molecular complexity index is 2750. The van der Waals surface area contributed by atoms with Crippen molar-refractivity contribution >= 4 is 71.0 Å². The molecule has 7 aromatic carbocycles. The Kier molecular flexibility index (Phi) is 10.0. The second kappa shape index (κ2) is 14.1. The fourth-order valence-electron chi connectivity index (χ4n) is 10.5. The molecule has 0 radical (unpaired) electrons. The van der Waals surface area contributed by atoms with Crippen LogP contribution in [0.2, 0.25) is 9.26 Å². The first kappa shape index (κ1) is 38.5. The van der Waals surface area contributed by atoms with Crippen LogP contribution in [0.3, 0.4) is 0 Å². The monoisotopic (exact) mass is 836 g/mol. The molecule has 7 aromatic rings. The van der Waals surface area contributed by atoms with Crippen LogP contribution in [0.4, 0.5) is 0 Å². The van der Waals surface area contributed by atoms with E-state index in [2.05, 4.69) is 189 Å². The molecule has 0 aliphatic heterocycles. The molecule has 0 saturated carbocycles. The average Bonchev–Trinajstić information content (AvgIpc) is 3.71. The van der Waals surface area contributed by atoms with Crippen LogP contribution in [0.1, 0.15) is 58.7 Å². The maximum atomic E-state index is 2.78. The number of halogens is 2. The summed E-state index contributed by atoms with van der Waals surface area (Å²) < 4.78 is 6.36. The largest absolute Gasteiger partial charge is 0.147 e. The summed E-state index contributed by atoms with van der Waals surface area (Å²) in [6, 6.07) is 50.2. The molecule has 2 unspecified atom stereocenters. The van der Waals surface area contributed by atoms with Crippen molar-refractivity contribution < 1.29 is 17.4 Å². The Balaban J connectivity index is 0.00000225. The molecule has 0 spiro atoms. The van der Waals surface area contributed by atoms with Crippen molar-refractivity contribution in [2.24, 2.45) is 0 Å². The maximum Gasteiger partial charge on any atom is -0.147 e. The van der Waals surface area contributed by atoms with Crippen LogP contribution in [0.15, 0.2) is 139 Å². The van der Waals surface area contributed by atoms with Gasteiger partial charge in [-0.1, -0.05) is 0 Å². The second-order valence-electron chi connectivity index (χ2n) is 16.7. The molecule has 0 N–H and O–H groups in total. The van der Waals surface area contributed by atoms with E-state index in [9.17, 15) is 0 Å². The van der Waals surface area contributed by atoms with E-state index >= 15 is 0 Å². The number of aryl methyl sites for hydroxylation is 3. The predicted molar refractivity (Wildman–Crippen MR) is 241 cm³/mol. The molecular formula is C50H48Cl2SiZr. The van der Waals surface area contributed by atoms with Gasteiger partial charge in [0.1, 0.15) is 0 Å². The van der Waals surface area contributed by atoms with Crippen LogP contribution >= 0.6 is 24.8 Å². The fraction of sp³-hybridized carbons (Fsp3) is 0.160. The molecule has 2 atom stereocenters. The Morgan fingerprint density at radius 1 is 0.463 bits per heavy atom. The molecule has 0 aromatic heterocycles.